The molecule has 1 amide bonds. The fraction of sp³-hybridized carbons (Fsp3) is 0.889. The smallest absolute Gasteiger partial charge is 0.224 e. The molecule has 0 aromatic carbocycles. The van der Waals surface area contributed by atoms with E-state index in [1.807, 2.05) is 0 Å². The van der Waals surface area contributed by atoms with E-state index in [0.717, 1.165) is 45.7 Å². The molecule has 0 aromatic rings. The number of carbonyl (C=O) groups excluding carboxylic acids is 1. The standard InChI is InChI=1S/C9H17N3O/c13-9(8-1-2-8)11-7-12-5-3-10-4-6-12/h8,10H,1-7H2,(H,11,13). The summed E-state index contributed by atoms with van der Waals surface area (Å²) < 4.78 is 0. The molecule has 0 spiro atoms. The van der Waals surface area contributed by atoms with Crippen molar-refractivity contribution < 1.29 is 4.79 Å². The summed E-state index contributed by atoms with van der Waals surface area (Å²) in [5, 5.41) is 6.26. The van der Waals surface area contributed by atoms with Crippen LogP contribution in [0.1, 0.15) is 12.8 Å². The number of piperazine rings is 1. The fourth-order valence-electron chi connectivity index (χ4n) is 1.55. The van der Waals surface area contributed by atoms with E-state index in [-0.39, 0.29) is 5.91 Å². The minimum absolute atomic E-state index is 0.249. The van der Waals surface area contributed by atoms with Gasteiger partial charge in [0.25, 0.3) is 0 Å². The predicted molar refractivity (Wildman–Crippen MR) is 50.2 cm³/mol. The average Bonchev–Trinajstić information content (AvgIpc) is 2.99. The van der Waals surface area contributed by atoms with Crippen molar-refractivity contribution >= 4 is 5.91 Å². The van der Waals surface area contributed by atoms with Gasteiger partial charge in [-0.15, -0.1) is 0 Å². The molecule has 0 aromatic heterocycles. The van der Waals surface area contributed by atoms with Gasteiger partial charge in [0.2, 0.25) is 5.91 Å². The van der Waals surface area contributed by atoms with Gasteiger partial charge in [0.1, 0.15) is 0 Å². The Morgan fingerprint density at radius 3 is 2.69 bits per heavy atom. The second-order valence-corrected chi connectivity index (χ2v) is 3.84. The van der Waals surface area contributed by atoms with Gasteiger partial charge in [0.05, 0.1) is 6.67 Å². The van der Waals surface area contributed by atoms with Gasteiger partial charge >= 0.3 is 0 Å². The molecule has 0 radical (unpaired) electrons. The van der Waals surface area contributed by atoms with Crippen molar-refractivity contribution in [2.75, 3.05) is 32.8 Å². The molecule has 0 unspecified atom stereocenters. The third-order valence-corrected chi connectivity index (χ3v) is 2.63. The van der Waals surface area contributed by atoms with Gasteiger partial charge < -0.3 is 10.6 Å². The Morgan fingerprint density at radius 1 is 1.38 bits per heavy atom. The Hall–Kier alpha value is -0.610. The van der Waals surface area contributed by atoms with E-state index in [2.05, 4.69) is 15.5 Å². The minimum atomic E-state index is 0.249. The predicted octanol–water partition coefficient (Wildman–Crippen LogP) is -0.625. The second kappa shape index (κ2) is 4.07. The number of amides is 1. The van der Waals surface area contributed by atoms with Gasteiger partial charge in [-0.3, -0.25) is 9.69 Å². The highest BCUT2D eigenvalue weighted by molar-refractivity contribution is 5.80. The molecule has 1 aliphatic carbocycles. The van der Waals surface area contributed by atoms with Gasteiger partial charge in [-0.1, -0.05) is 0 Å². The Kier molecular flexibility index (Phi) is 2.80. The minimum Gasteiger partial charge on any atom is -0.343 e. The van der Waals surface area contributed by atoms with E-state index in [9.17, 15) is 4.79 Å². The number of hydrogen-bond donors (Lipinski definition) is 2. The van der Waals surface area contributed by atoms with Crippen LogP contribution >= 0.6 is 0 Å². The lowest BCUT2D eigenvalue weighted by Gasteiger charge is -2.27. The molecule has 2 rings (SSSR count). The quantitative estimate of drug-likeness (QED) is 0.612. The summed E-state index contributed by atoms with van der Waals surface area (Å²) in [4.78, 5) is 13.6. The molecule has 74 valence electrons. The molecular formula is C9H17N3O. The number of nitrogens with one attached hydrogen (secondary N) is 2. The summed E-state index contributed by atoms with van der Waals surface area (Å²) in [5.41, 5.74) is 0. The summed E-state index contributed by atoms with van der Waals surface area (Å²) in [7, 11) is 0. The van der Waals surface area contributed by atoms with Gasteiger partial charge in [-0.05, 0) is 12.8 Å². The molecule has 1 aliphatic heterocycles. The van der Waals surface area contributed by atoms with Gasteiger partial charge in [0.15, 0.2) is 0 Å². The maximum atomic E-state index is 11.3. The van der Waals surface area contributed by atoms with Crippen LogP contribution in [-0.2, 0) is 4.79 Å². The lowest BCUT2D eigenvalue weighted by atomic mass is 10.4. The number of hydrogen-bond acceptors (Lipinski definition) is 3. The first-order chi connectivity index (χ1) is 6.36. The lowest BCUT2D eigenvalue weighted by molar-refractivity contribution is -0.123. The molecule has 4 heteroatoms. The summed E-state index contributed by atoms with van der Waals surface area (Å²) in [6.45, 7) is 4.91. The normalized spacial score (nSPS) is 24.3. The molecule has 1 saturated heterocycles. The average molecular weight is 183 g/mol. The molecule has 2 N–H and O–H groups in total. The van der Waals surface area contributed by atoms with Crippen LogP contribution in [0.3, 0.4) is 0 Å². The largest absolute Gasteiger partial charge is 0.343 e. The van der Waals surface area contributed by atoms with Crippen molar-refractivity contribution in [3.05, 3.63) is 0 Å². The number of carbonyl (C=O) groups is 1. The first-order valence-corrected chi connectivity index (χ1v) is 5.07. The van der Waals surface area contributed by atoms with Crippen molar-refractivity contribution in [3.8, 4) is 0 Å². The topological polar surface area (TPSA) is 44.4 Å². The molecule has 1 heterocycles. The molecule has 2 fully saturated rings. The third-order valence-electron chi connectivity index (χ3n) is 2.63. The molecule has 0 atom stereocenters. The van der Waals surface area contributed by atoms with Crippen LogP contribution in [0.25, 0.3) is 0 Å². The summed E-state index contributed by atoms with van der Waals surface area (Å²) in [6, 6.07) is 0. The SMILES string of the molecule is O=C(NCN1CCNCC1)C1CC1. The first kappa shape index (κ1) is 8.97. The Bertz CT molecular complexity index is 185. The van der Waals surface area contributed by atoms with Crippen molar-refractivity contribution in [1.29, 1.82) is 0 Å². The van der Waals surface area contributed by atoms with Gasteiger partial charge in [0, 0.05) is 32.1 Å². The Labute approximate surface area is 78.7 Å². The van der Waals surface area contributed by atoms with E-state index < -0.39 is 0 Å². The molecular weight excluding hydrogens is 166 g/mol. The third kappa shape index (κ3) is 2.67. The van der Waals surface area contributed by atoms with E-state index in [1.54, 1.807) is 0 Å². The van der Waals surface area contributed by atoms with Crippen molar-refractivity contribution in [1.82, 2.24) is 15.5 Å². The number of rotatable bonds is 3. The molecule has 2 aliphatic rings. The van der Waals surface area contributed by atoms with Crippen molar-refractivity contribution in [2.24, 2.45) is 5.92 Å². The van der Waals surface area contributed by atoms with Gasteiger partial charge in [-0.2, -0.15) is 0 Å². The summed E-state index contributed by atoms with van der Waals surface area (Å²) in [5.74, 6) is 0.585. The Balaban J connectivity index is 1.62. The summed E-state index contributed by atoms with van der Waals surface area (Å²) in [6.07, 6.45) is 2.18. The summed E-state index contributed by atoms with van der Waals surface area (Å²) >= 11 is 0. The molecule has 1 saturated carbocycles. The van der Waals surface area contributed by atoms with Crippen LogP contribution in [0.4, 0.5) is 0 Å². The zero-order valence-electron chi connectivity index (χ0n) is 7.88. The molecule has 13 heavy (non-hydrogen) atoms. The zero-order chi connectivity index (χ0) is 9.10. The van der Waals surface area contributed by atoms with E-state index >= 15 is 0 Å². The lowest BCUT2D eigenvalue weighted by Crippen LogP contribution is -2.48. The van der Waals surface area contributed by atoms with Crippen LogP contribution < -0.4 is 10.6 Å². The maximum absolute atomic E-state index is 11.3. The molecule has 4 nitrogen and oxygen atoms in total. The van der Waals surface area contributed by atoms with E-state index in [4.69, 9.17) is 0 Å². The monoisotopic (exact) mass is 183 g/mol. The van der Waals surface area contributed by atoms with Crippen molar-refractivity contribution in [3.63, 3.8) is 0 Å². The van der Waals surface area contributed by atoms with E-state index in [0.29, 0.717) is 5.92 Å². The van der Waals surface area contributed by atoms with Gasteiger partial charge in [-0.25, -0.2) is 0 Å². The number of nitrogens with zero attached hydrogens (tertiary/aromatic N) is 1. The highest BCUT2D eigenvalue weighted by atomic mass is 16.2. The highest BCUT2D eigenvalue weighted by Gasteiger charge is 2.29. The zero-order valence-corrected chi connectivity index (χ0v) is 7.88. The van der Waals surface area contributed by atoms with Crippen LogP contribution in [0, 0.1) is 5.92 Å². The van der Waals surface area contributed by atoms with E-state index in [1.165, 1.54) is 0 Å². The Morgan fingerprint density at radius 2 is 2.08 bits per heavy atom. The maximum Gasteiger partial charge on any atom is 0.224 e. The molecule has 0 bridgehead atoms. The van der Waals surface area contributed by atoms with Crippen molar-refractivity contribution in [2.45, 2.75) is 12.8 Å². The van der Waals surface area contributed by atoms with Crippen LogP contribution in [-0.4, -0.2) is 43.7 Å². The fourth-order valence-corrected chi connectivity index (χ4v) is 1.55. The van der Waals surface area contributed by atoms with Crippen LogP contribution in [0.5, 0.6) is 0 Å². The first-order valence-electron chi connectivity index (χ1n) is 5.07. The highest BCUT2D eigenvalue weighted by Crippen LogP contribution is 2.28. The second-order valence-electron chi connectivity index (χ2n) is 3.84. The van der Waals surface area contributed by atoms with Crippen LogP contribution in [0.15, 0.2) is 0 Å². The van der Waals surface area contributed by atoms with Crippen LogP contribution in [0.2, 0.25) is 0 Å².